The first kappa shape index (κ1) is 13.3. The maximum Gasteiger partial charge on any atom is 0.0622 e. The third kappa shape index (κ3) is 3.01. The maximum absolute atomic E-state index is 6.33. The second kappa shape index (κ2) is 5.68. The van der Waals surface area contributed by atoms with Crippen LogP contribution >= 0.6 is 0 Å². The molecule has 1 aliphatic carbocycles. The molecule has 17 heavy (non-hydrogen) atoms. The lowest BCUT2D eigenvalue weighted by Gasteiger charge is -2.43. The van der Waals surface area contributed by atoms with Crippen LogP contribution in [0.3, 0.4) is 0 Å². The van der Waals surface area contributed by atoms with Crippen LogP contribution in [0.5, 0.6) is 0 Å². The summed E-state index contributed by atoms with van der Waals surface area (Å²) in [5, 5.41) is 0. The van der Waals surface area contributed by atoms with Crippen molar-refractivity contribution in [1.29, 1.82) is 0 Å². The predicted octanol–water partition coefficient (Wildman–Crippen LogP) is 1.86. The summed E-state index contributed by atoms with van der Waals surface area (Å²) in [7, 11) is 2.24. The van der Waals surface area contributed by atoms with Gasteiger partial charge in [-0.3, -0.25) is 4.90 Å². The molecule has 2 aliphatic rings. The van der Waals surface area contributed by atoms with Crippen LogP contribution in [0.25, 0.3) is 0 Å². The molecule has 0 aromatic heterocycles. The Bertz CT molecular complexity index is 238. The quantitative estimate of drug-likeness (QED) is 0.818. The molecule has 0 spiro atoms. The molecule has 1 saturated heterocycles. The highest BCUT2D eigenvalue weighted by atomic mass is 16.5. The van der Waals surface area contributed by atoms with E-state index in [1.54, 1.807) is 0 Å². The largest absolute Gasteiger partial charge is 0.380 e. The Balaban J connectivity index is 1.96. The molecule has 3 nitrogen and oxygen atoms in total. The van der Waals surface area contributed by atoms with Crippen molar-refractivity contribution < 1.29 is 4.74 Å². The molecule has 2 N–H and O–H groups in total. The molecule has 4 atom stereocenters. The Morgan fingerprint density at radius 2 is 2.00 bits per heavy atom. The van der Waals surface area contributed by atoms with E-state index in [9.17, 15) is 0 Å². The zero-order valence-corrected chi connectivity index (χ0v) is 11.6. The van der Waals surface area contributed by atoms with E-state index in [1.807, 2.05) is 0 Å². The van der Waals surface area contributed by atoms with Crippen LogP contribution in [-0.2, 0) is 4.74 Å². The molecular weight excluding hydrogens is 212 g/mol. The highest BCUT2D eigenvalue weighted by Gasteiger charge is 2.35. The highest BCUT2D eigenvalue weighted by molar-refractivity contribution is 4.92. The van der Waals surface area contributed by atoms with Gasteiger partial charge in [0.1, 0.15) is 0 Å². The fraction of sp³-hybridized carbons (Fsp3) is 1.00. The van der Waals surface area contributed by atoms with Crippen LogP contribution < -0.4 is 5.73 Å². The van der Waals surface area contributed by atoms with E-state index in [2.05, 4.69) is 25.8 Å². The molecule has 0 aromatic carbocycles. The molecule has 1 heterocycles. The third-order valence-corrected chi connectivity index (χ3v) is 4.86. The minimum absolute atomic E-state index is 0.357. The smallest absolute Gasteiger partial charge is 0.0622 e. The normalized spacial score (nSPS) is 39.2. The molecule has 2 fully saturated rings. The van der Waals surface area contributed by atoms with Crippen molar-refractivity contribution in [3.05, 3.63) is 0 Å². The average Bonchev–Trinajstić information content (AvgIpc) is 2.81. The second-order valence-electron chi connectivity index (χ2n) is 6.23. The van der Waals surface area contributed by atoms with Gasteiger partial charge < -0.3 is 10.5 Å². The molecule has 3 heteroatoms. The average molecular weight is 240 g/mol. The van der Waals surface area contributed by atoms with E-state index in [0.29, 0.717) is 18.1 Å². The number of ether oxygens (including phenoxy) is 1. The van der Waals surface area contributed by atoms with Gasteiger partial charge in [0.2, 0.25) is 0 Å². The van der Waals surface area contributed by atoms with Crippen molar-refractivity contribution in [3.63, 3.8) is 0 Å². The lowest BCUT2D eigenvalue weighted by molar-refractivity contribution is 0.0748. The summed E-state index contributed by atoms with van der Waals surface area (Å²) in [5.74, 6) is 1.64. The van der Waals surface area contributed by atoms with Crippen molar-refractivity contribution in [2.75, 3.05) is 20.3 Å². The van der Waals surface area contributed by atoms with Gasteiger partial charge in [0, 0.05) is 24.7 Å². The standard InChI is InChI=1S/C14H28N2O/c1-10(2)11-4-5-13(15)14(8-11)16(3)12-6-7-17-9-12/h10-14H,4-9,15H2,1-3H3. The zero-order valence-electron chi connectivity index (χ0n) is 11.6. The summed E-state index contributed by atoms with van der Waals surface area (Å²) >= 11 is 0. The van der Waals surface area contributed by atoms with E-state index >= 15 is 0 Å². The topological polar surface area (TPSA) is 38.5 Å². The minimum atomic E-state index is 0.357. The highest BCUT2D eigenvalue weighted by Crippen LogP contribution is 2.33. The number of hydrogen-bond donors (Lipinski definition) is 1. The number of hydrogen-bond acceptors (Lipinski definition) is 3. The van der Waals surface area contributed by atoms with Crippen molar-refractivity contribution >= 4 is 0 Å². The van der Waals surface area contributed by atoms with Crippen LogP contribution in [0, 0.1) is 11.8 Å². The first-order chi connectivity index (χ1) is 8.09. The number of rotatable bonds is 3. The molecule has 4 unspecified atom stereocenters. The van der Waals surface area contributed by atoms with Gasteiger partial charge in [0.25, 0.3) is 0 Å². The summed E-state index contributed by atoms with van der Waals surface area (Å²) < 4.78 is 5.50. The number of likely N-dealkylation sites (N-methyl/N-ethyl adjacent to an activating group) is 1. The molecule has 0 radical (unpaired) electrons. The van der Waals surface area contributed by atoms with Gasteiger partial charge in [-0.05, 0) is 44.6 Å². The SMILES string of the molecule is CC(C)C1CCC(N)C(N(C)C2CCOC2)C1. The van der Waals surface area contributed by atoms with E-state index < -0.39 is 0 Å². The first-order valence-corrected chi connectivity index (χ1v) is 7.15. The molecule has 0 amide bonds. The van der Waals surface area contributed by atoms with Crippen LogP contribution in [0.15, 0.2) is 0 Å². The van der Waals surface area contributed by atoms with Crippen LogP contribution in [-0.4, -0.2) is 43.3 Å². The van der Waals surface area contributed by atoms with Crippen LogP contribution in [0.2, 0.25) is 0 Å². The molecule has 1 saturated carbocycles. The van der Waals surface area contributed by atoms with Gasteiger partial charge >= 0.3 is 0 Å². The van der Waals surface area contributed by atoms with Gasteiger partial charge in [-0.2, -0.15) is 0 Å². The van der Waals surface area contributed by atoms with Crippen molar-refractivity contribution in [1.82, 2.24) is 4.90 Å². The van der Waals surface area contributed by atoms with Gasteiger partial charge in [-0.15, -0.1) is 0 Å². The monoisotopic (exact) mass is 240 g/mol. The van der Waals surface area contributed by atoms with Crippen molar-refractivity contribution in [2.24, 2.45) is 17.6 Å². The Morgan fingerprint density at radius 1 is 1.24 bits per heavy atom. The number of nitrogens with zero attached hydrogens (tertiary/aromatic N) is 1. The lowest BCUT2D eigenvalue weighted by atomic mass is 9.76. The van der Waals surface area contributed by atoms with E-state index in [0.717, 1.165) is 25.0 Å². The minimum Gasteiger partial charge on any atom is -0.380 e. The Hall–Kier alpha value is -0.120. The lowest BCUT2D eigenvalue weighted by Crippen LogP contribution is -2.53. The third-order valence-electron chi connectivity index (χ3n) is 4.86. The molecule has 100 valence electrons. The summed E-state index contributed by atoms with van der Waals surface area (Å²) in [6.07, 6.45) is 4.94. The fourth-order valence-corrected chi connectivity index (χ4v) is 3.39. The summed E-state index contributed by atoms with van der Waals surface area (Å²) in [6, 6.07) is 1.51. The Kier molecular flexibility index (Phi) is 4.45. The zero-order chi connectivity index (χ0) is 12.4. The summed E-state index contributed by atoms with van der Waals surface area (Å²) in [4.78, 5) is 2.51. The molecule has 1 aliphatic heterocycles. The maximum atomic E-state index is 6.33. The van der Waals surface area contributed by atoms with Crippen molar-refractivity contribution in [2.45, 2.75) is 57.7 Å². The second-order valence-corrected chi connectivity index (χ2v) is 6.23. The van der Waals surface area contributed by atoms with Gasteiger partial charge in [-0.1, -0.05) is 13.8 Å². The molecule has 2 rings (SSSR count). The van der Waals surface area contributed by atoms with Gasteiger partial charge in [0.15, 0.2) is 0 Å². The van der Waals surface area contributed by atoms with Gasteiger partial charge in [-0.25, -0.2) is 0 Å². The van der Waals surface area contributed by atoms with Gasteiger partial charge in [0.05, 0.1) is 6.61 Å². The Labute approximate surface area is 106 Å². The first-order valence-electron chi connectivity index (χ1n) is 7.15. The number of nitrogens with two attached hydrogens (primary N) is 1. The van der Waals surface area contributed by atoms with Crippen molar-refractivity contribution in [3.8, 4) is 0 Å². The summed E-state index contributed by atoms with van der Waals surface area (Å²) in [6.45, 7) is 6.51. The van der Waals surface area contributed by atoms with E-state index in [-0.39, 0.29) is 0 Å². The predicted molar refractivity (Wildman–Crippen MR) is 70.9 cm³/mol. The van der Waals surface area contributed by atoms with Crippen LogP contribution in [0.4, 0.5) is 0 Å². The molecule has 0 aromatic rings. The molecular formula is C14H28N2O. The molecule has 0 bridgehead atoms. The van der Waals surface area contributed by atoms with E-state index in [1.165, 1.54) is 25.7 Å². The summed E-state index contributed by atoms with van der Waals surface area (Å²) in [5.41, 5.74) is 6.33. The van der Waals surface area contributed by atoms with E-state index in [4.69, 9.17) is 10.5 Å². The van der Waals surface area contributed by atoms with Crippen LogP contribution in [0.1, 0.15) is 39.5 Å². The Morgan fingerprint density at radius 3 is 2.59 bits per heavy atom. The fourth-order valence-electron chi connectivity index (χ4n) is 3.39.